The molecule has 0 amide bonds. The summed E-state index contributed by atoms with van der Waals surface area (Å²) >= 11 is 1.54. The summed E-state index contributed by atoms with van der Waals surface area (Å²) < 4.78 is 10.4. The van der Waals surface area contributed by atoms with E-state index in [-0.39, 0.29) is 5.76 Å². The Morgan fingerprint density at radius 2 is 2.11 bits per heavy atom. The number of furan rings is 1. The van der Waals surface area contributed by atoms with Crippen LogP contribution in [-0.2, 0) is 5.75 Å². The fourth-order valence-electron chi connectivity index (χ4n) is 1.46. The van der Waals surface area contributed by atoms with Gasteiger partial charge in [-0.1, -0.05) is 12.1 Å². The predicted octanol–water partition coefficient (Wildman–Crippen LogP) is 3.28. The first-order valence-electron chi connectivity index (χ1n) is 5.28. The molecule has 0 radical (unpaired) electrons. The average molecular weight is 264 g/mol. The van der Waals surface area contributed by atoms with Crippen molar-refractivity contribution in [2.75, 3.05) is 7.11 Å². The Labute approximate surface area is 109 Å². The largest absolute Gasteiger partial charge is 0.496 e. The Morgan fingerprint density at radius 3 is 2.78 bits per heavy atom. The number of rotatable bonds is 5. The molecular weight excluding hydrogens is 252 g/mol. The van der Waals surface area contributed by atoms with Gasteiger partial charge in [-0.15, -0.1) is 11.8 Å². The van der Waals surface area contributed by atoms with Gasteiger partial charge in [0.25, 0.3) is 0 Å². The van der Waals surface area contributed by atoms with E-state index >= 15 is 0 Å². The summed E-state index contributed by atoms with van der Waals surface area (Å²) in [5.41, 5.74) is 0. The van der Waals surface area contributed by atoms with E-state index in [0.717, 1.165) is 10.6 Å². The molecule has 94 valence electrons. The molecule has 0 saturated carbocycles. The molecule has 0 aliphatic rings. The van der Waals surface area contributed by atoms with Crippen molar-refractivity contribution in [3.8, 4) is 5.75 Å². The van der Waals surface area contributed by atoms with Crippen LogP contribution in [0.2, 0.25) is 0 Å². The summed E-state index contributed by atoms with van der Waals surface area (Å²) in [5, 5.41) is 8.75. The fraction of sp³-hybridized carbons (Fsp3) is 0.154. The van der Waals surface area contributed by atoms with Crippen LogP contribution in [0.25, 0.3) is 0 Å². The van der Waals surface area contributed by atoms with Crippen molar-refractivity contribution in [1.29, 1.82) is 0 Å². The van der Waals surface area contributed by atoms with Gasteiger partial charge >= 0.3 is 5.97 Å². The number of ether oxygens (including phenoxy) is 1. The number of thioether (sulfide) groups is 1. The highest BCUT2D eigenvalue weighted by Crippen LogP contribution is 2.31. The van der Waals surface area contributed by atoms with Crippen molar-refractivity contribution in [2.45, 2.75) is 10.6 Å². The molecule has 0 aliphatic heterocycles. The lowest BCUT2D eigenvalue weighted by molar-refractivity contribution is 0.0661. The Bertz CT molecular complexity index is 547. The summed E-state index contributed by atoms with van der Waals surface area (Å²) in [4.78, 5) is 11.7. The van der Waals surface area contributed by atoms with Crippen LogP contribution >= 0.6 is 11.8 Å². The minimum Gasteiger partial charge on any atom is -0.496 e. The van der Waals surface area contributed by atoms with Crippen LogP contribution in [0.3, 0.4) is 0 Å². The maximum atomic E-state index is 10.7. The monoisotopic (exact) mass is 264 g/mol. The molecule has 1 N–H and O–H groups in total. The van der Waals surface area contributed by atoms with Gasteiger partial charge < -0.3 is 14.3 Å². The van der Waals surface area contributed by atoms with Gasteiger partial charge in [-0.05, 0) is 24.3 Å². The molecule has 18 heavy (non-hydrogen) atoms. The van der Waals surface area contributed by atoms with E-state index in [9.17, 15) is 4.79 Å². The minimum absolute atomic E-state index is 0.0365. The summed E-state index contributed by atoms with van der Waals surface area (Å²) in [6.45, 7) is 0. The highest BCUT2D eigenvalue weighted by Gasteiger charge is 2.10. The van der Waals surface area contributed by atoms with Crippen molar-refractivity contribution in [1.82, 2.24) is 0 Å². The number of para-hydroxylation sites is 1. The molecule has 2 rings (SSSR count). The van der Waals surface area contributed by atoms with E-state index in [4.69, 9.17) is 14.3 Å². The van der Waals surface area contributed by atoms with Crippen molar-refractivity contribution in [2.24, 2.45) is 0 Å². The molecule has 2 aromatic rings. The molecule has 1 heterocycles. The van der Waals surface area contributed by atoms with Crippen molar-refractivity contribution in [3.63, 3.8) is 0 Å². The van der Waals surface area contributed by atoms with E-state index in [1.165, 1.54) is 17.8 Å². The zero-order valence-corrected chi connectivity index (χ0v) is 10.6. The standard InChI is InChI=1S/C13H12O4S/c1-16-10-4-2-3-5-12(10)18-8-9-6-7-11(17-9)13(14)15/h2-7H,8H2,1H3,(H,14,15). The maximum Gasteiger partial charge on any atom is 0.371 e. The van der Waals surface area contributed by atoms with Crippen LogP contribution in [0.1, 0.15) is 16.3 Å². The first kappa shape index (κ1) is 12.6. The molecule has 0 spiro atoms. The van der Waals surface area contributed by atoms with Gasteiger partial charge in [-0.2, -0.15) is 0 Å². The zero-order chi connectivity index (χ0) is 13.0. The van der Waals surface area contributed by atoms with Gasteiger partial charge in [0.1, 0.15) is 11.5 Å². The van der Waals surface area contributed by atoms with E-state index in [1.807, 2.05) is 24.3 Å². The van der Waals surface area contributed by atoms with Crippen LogP contribution in [0.15, 0.2) is 45.7 Å². The topological polar surface area (TPSA) is 59.7 Å². The number of carboxylic acids is 1. The highest BCUT2D eigenvalue weighted by molar-refractivity contribution is 7.98. The Balaban J connectivity index is 2.04. The number of carboxylic acid groups (broad SMARTS) is 1. The summed E-state index contributed by atoms with van der Waals surface area (Å²) in [7, 11) is 1.62. The summed E-state index contributed by atoms with van der Waals surface area (Å²) in [6.07, 6.45) is 0. The fourth-order valence-corrected chi connectivity index (χ4v) is 2.38. The molecule has 0 aliphatic carbocycles. The van der Waals surface area contributed by atoms with Gasteiger partial charge in [0, 0.05) is 4.90 Å². The molecule has 4 nitrogen and oxygen atoms in total. The first-order valence-corrected chi connectivity index (χ1v) is 6.27. The highest BCUT2D eigenvalue weighted by atomic mass is 32.2. The molecule has 1 aromatic heterocycles. The second kappa shape index (κ2) is 5.64. The normalized spacial score (nSPS) is 10.3. The van der Waals surface area contributed by atoms with Gasteiger partial charge in [0.2, 0.25) is 5.76 Å². The molecular formula is C13H12O4S. The second-order valence-electron chi connectivity index (χ2n) is 3.51. The quantitative estimate of drug-likeness (QED) is 0.840. The molecule has 1 aromatic carbocycles. The zero-order valence-electron chi connectivity index (χ0n) is 9.75. The maximum absolute atomic E-state index is 10.7. The third-order valence-electron chi connectivity index (χ3n) is 2.31. The molecule has 5 heteroatoms. The third kappa shape index (κ3) is 2.87. The van der Waals surface area contributed by atoms with E-state index in [2.05, 4.69) is 0 Å². The molecule has 0 unspecified atom stereocenters. The average Bonchev–Trinajstić information content (AvgIpc) is 2.85. The van der Waals surface area contributed by atoms with Crippen LogP contribution in [0.4, 0.5) is 0 Å². The number of hydrogen-bond donors (Lipinski definition) is 1. The number of hydrogen-bond acceptors (Lipinski definition) is 4. The van der Waals surface area contributed by atoms with Crippen LogP contribution in [-0.4, -0.2) is 18.2 Å². The molecule has 0 fully saturated rings. The van der Waals surface area contributed by atoms with Crippen LogP contribution < -0.4 is 4.74 Å². The van der Waals surface area contributed by atoms with E-state index in [0.29, 0.717) is 11.5 Å². The number of aromatic carboxylic acids is 1. The molecule has 0 saturated heterocycles. The smallest absolute Gasteiger partial charge is 0.371 e. The minimum atomic E-state index is -1.05. The number of benzene rings is 1. The van der Waals surface area contributed by atoms with Crippen LogP contribution in [0, 0.1) is 0 Å². The number of carbonyl (C=O) groups is 1. The summed E-state index contributed by atoms with van der Waals surface area (Å²) in [5.74, 6) is 0.901. The van der Waals surface area contributed by atoms with Gasteiger partial charge in [-0.25, -0.2) is 4.79 Å². The lowest BCUT2D eigenvalue weighted by atomic mass is 10.3. The second-order valence-corrected chi connectivity index (χ2v) is 4.53. The Hall–Kier alpha value is -1.88. The SMILES string of the molecule is COc1ccccc1SCc1ccc(C(=O)O)o1. The number of methoxy groups -OCH3 is 1. The Kier molecular flexibility index (Phi) is 3.94. The predicted molar refractivity (Wildman–Crippen MR) is 68.2 cm³/mol. The summed E-state index contributed by atoms with van der Waals surface area (Å²) in [6, 6.07) is 10.8. The van der Waals surface area contributed by atoms with Crippen molar-refractivity contribution in [3.05, 3.63) is 47.9 Å². The lowest BCUT2D eigenvalue weighted by Gasteiger charge is -2.06. The lowest BCUT2D eigenvalue weighted by Crippen LogP contribution is -1.91. The third-order valence-corrected chi connectivity index (χ3v) is 3.39. The Morgan fingerprint density at radius 1 is 1.33 bits per heavy atom. The van der Waals surface area contributed by atoms with Gasteiger partial charge in [0.15, 0.2) is 0 Å². The van der Waals surface area contributed by atoms with Crippen molar-refractivity contribution < 1.29 is 19.1 Å². The molecule has 0 bridgehead atoms. The first-order chi connectivity index (χ1) is 8.70. The van der Waals surface area contributed by atoms with Gasteiger partial charge in [0.05, 0.1) is 12.9 Å². The van der Waals surface area contributed by atoms with Gasteiger partial charge in [-0.3, -0.25) is 0 Å². The van der Waals surface area contributed by atoms with Crippen LogP contribution in [0.5, 0.6) is 5.75 Å². The molecule has 0 atom stereocenters. The van der Waals surface area contributed by atoms with E-state index in [1.54, 1.807) is 13.2 Å². The van der Waals surface area contributed by atoms with Crippen molar-refractivity contribution >= 4 is 17.7 Å². The van der Waals surface area contributed by atoms with E-state index < -0.39 is 5.97 Å².